The zero-order valence-corrected chi connectivity index (χ0v) is 11.1. The van der Waals surface area contributed by atoms with Crippen LogP contribution in [0.1, 0.15) is 45.1 Å². The predicted molar refractivity (Wildman–Crippen MR) is 72.2 cm³/mol. The number of hydrogen-bond acceptors (Lipinski definition) is 4. The lowest BCUT2D eigenvalue weighted by Crippen LogP contribution is -2.08. The van der Waals surface area contributed by atoms with Crippen LogP contribution in [0.3, 0.4) is 0 Å². The minimum Gasteiger partial charge on any atom is -0.422 e. The Balaban J connectivity index is 2.10. The second-order valence-electron chi connectivity index (χ2n) is 4.33. The van der Waals surface area contributed by atoms with Gasteiger partial charge in [0.05, 0.1) is 0 Å². The third kappa shape index (κ3) is 3.00. The van der Waals surface area contributed by atoms with Crippen molar-refractivity contribution in [1.29, 1.82) is 0 Å². The average molecular weight is 271 g/mol. The van der Waals surface area contributed by atoms with Crippen LogP contribution in [-0.4, -0.2) is 22.5 Å². The molecule has 1 aromatic carbocycles. The first-order valence-electron chi connectivity index (χ1n) is 6.00. The molecular formula is C15H13NO4. The quantitative estimate of drug-likeness (QED) is 0.527. The Labute approximate surface area is 115 Å². The smallest absolute Gasteiger partial charge is 0.360 e. The standard InChI is InChI=1S/C15H13NO4/c1-9(17)11-3-5-13(6-4-11)20-15(19)14-7-12(8-16-14)10(2)18/h3-8,16H,1-2H3. The van der Waals surface area contributed by atoms with Crippen LogP contribution in [0.5, 0.6) is 5.75 Å². The number of Topliss-reactive ketones (excluding diaryl/α,β-unsaturated/α-hetero) is 2. The molecular weight excluding hydrogens is 258 g/mol. The number of rotatable bonds is 4. The SMILES string of the molecule is CC(=O)c1ccc(OC(=O)c2cc(C(C)=O)c[nH]2)cc1. The fourth-order valence-corrected chi connectivity index (χ4v) is 1.64. The highest BCUT2D eigenvalue weighted by molar-refractivity contribution is 5.98. The lowest BCUT2D eigenvalue weighted by atomic mass is 10.1. The van der Waals surface area contributed by atoms with Gasteiger partial charge in [-0.05, 0) is 44.2 Å². The Bertz CT molecular complexity index is 667. The van der Waals surface area contributed by atoms with Crippen LogP contribution in [0.15, 0.2) is 36.5 Å². The molecule has 5 nitrogen and oxygen atoms in total. The first-order valence-corrected chi connectivity index (χ1v) is 6.00. The molecule has 0 aliphatic carbocycles. The number of aromatic nitrogens is 1. The molecule has 1 N–H and O–H groups in total. The van der Waals surface area contributed by atoms with Crippen LogP contribution in [0.4, 0.5) is 0 Å². The molecule has 0 amide bonds. The van der Waals surface area contributed by atoms with E-state index in [4.69, 9.17) is 4.74 Å². The maximum Gasteiger partial charge on any atom is 0.360 e. The van der Waals surface area contributed by atoms with Crippen LogP contribution < -0.4 is 4.74 Å². The van der Waals surface area contributed by atoms with E-state index in [2.05, 4.69) is 4.98 Å². The monoisotopic (exact) mass is 271 g/mol. The van der Waals surface area contributed by atoms with Gasteiger partial charge in [-0.3, -0.25) is 9.59 Å². The van der Waals surface area contributed by atoms with Crippen molar-refractivity contribution in [2.45, 2.75) is 13.8 Å². The topological polar surface area (TPSA) is 76.2 Å². The number of carbonyl (C=O) groups excluding carboxylic acids is 3. The van der Waals surface area contributed by atoms with E-state index in [-0.39, 0.29) is 17.3 Å². The number of H-pyrrole nitrogens is 1. The van der Waals surface area contributed by atoms with E-state index in [0.29, 0.717) is 16.9 Å². The lowest BCUT2D eigenvalue weighted by Gasteiger charge is -2.03. The second-order valence-corrected chi connectivity index (χ2v) is 4.33. The van der Waals surface area contributed by atoms with E-state index >= 15 is 0 Å². The Morgan fingerprint density at radius 3 is 2.05 bits per heavy atom. The minimum atomic E-state index is -0.590. The van der Waals surface area contributed by atoms with Crippen LogP contribution in [-0.2, 0) is 0 Å². The number of ether oxygens (including phenoxy) is 1. The van der Waals surface area contributed by atoms with Gasteiger partial charge in [0.15, 0.2) is 11.6 Å². The van der Waals surface area contributed by atoms with Gasteiger partial charge in [0.1, 0.15) is 11.4 Å². The van der Waals surface area contributed by atoms with Crippen LogP contribution in [0, 0.1) is 0 Å². The van der Waals surface area contributed by atoms with Gasteiger partial charge < -0.3 is 9.72 Å². The van der Waals surface area contributed by atoms with Crippen molar-refractivity contribution in [1.82, 2.24) is 4.98 Å². The van der Waals surface area contributed by atoms with Crippen LogP contribution >= 0.6 is 0 Å². The molecule has 0 spiro atoms. The minimum absolute atomic E-state index is 0.0571. The largest absolute Gasteiger partial charge is 0.422 e. The maximum atomic E-state index is 11.8. The van der Waals surface area contributed by atoms with Gasteiger partial charge in [0.25, 0.3) is 0 Å². The van der Waals surface area contributed by atoms with Gasteiger partial charge in [-0.1, -0.05) is 0 Å². The van der Waals surface area contributed by atoms with Crippen molar-refractivity contribution in [3.05, 3.63) is 53.3 Å². The molecule has 0 fully saturated rings. The molecule has 0 unspecified atom stereocenters. The van der Waals surface area contributed by atoms with Crippen molar-refractivity contribution in [2.75, 3.05) is 0 Å². The van der Waals surface area contributed by atoms with E-state index in [1.54, 1.807) is 24.3 Å². The molecule has 0 aliphatic rings. The lowest BCUT2D eigenvalue weighted by molar-refractivity contribution is 0.0729. The third-order valence-corrected chi connectivity index (χ3v) is 2.78. The van der Waals surface area contributed by atoms with E-state index in [0.717, 1.165) is 0 Å². The molecule has 102 valence electrons. The highest BCUT2D eigenvalue weighted by Crippen LogP contribution is 2.15. The van der Waals surface area contributed by atoms with Crippen molar-refractivity contribution in [3.63, 3.8) is 0 Å². The van der Waals surface area contributed by atoms with Gasteiger partial charge in [0.2, 0.25) is 0 Å². The first-order chi connectivity index (χ1) is 9.47. The molecule has 0 atom stereocenters. The molecule has 0 saturated heterocycles. The molecule has 1 heterocycles. The number of aromatic amines is 1. The van der Waals surface area contributed by atoms with Crippen molar-refractivity contribution >= 4 is 17.5 Å². The van der Waals surface area contributed by atoms with Crippen molar-refractivity contribution in [2.24, 2.45) is 0 Å². The summed E-state index contributed by atoms with van der Waals surface area (Å²) < 4.78 is 5.14. The average Bonchev–Trinajstić information content (AvgIpc) is 2.89. The normalized spacial score (nSPS) is 10.1. The fraction of sp³-hybridized carbons (Fsp3) is 0.133. The Kier molecular flexibility index (Phi) is 3.79. The molecule has 1 aromatic heterocycles. The number of ketones is 2. The number of esters is 1. The van der Waals surface area contributed by atoms with Gasteiger partial charge in [-0.15, -0.1) is 0 Å². The van der Waals surface area contributed by atoms with Crippen LogP contribution in [0.2, 0.25) is 0 Å². The number of carbonyl (C=O) groups is 3. The van der Waals surface area contributed by atoms with Gasteiger partial charge >= 0.3 is 5.97 Å². The van der Waals surface area contributed by atoms with Crippen LogP contribution in [0.25, 0.3) is 0 Å². The third-order valence-electron chi connectivity index (χ3n) is 2.78. The number of benzene rings is 1. The van der Waals surface area contributed by atoms with Crippen molar-refractivity contribution < 1.29 is 19.1 Å². The van der Waals surface area contributed by atoms with E-state index < -0.39 is 5.97 Å². The first kappa shape index (κ1) is 13.7. The zero-order valence-electron chi connectivity index (χ0n) is 11.1. The summed E-state index contributed by atoms with van der Waals surface area (Å²) in [5, 5.41) is 0. The summed E-state index contributed by atoms with van der Waals surface area (Å²) in [5.74, 6) is -0.448. The summed E-state index contributed by atoms with van der Waals surface area (Å²) in [6.45, 7) is 2.88. The Morgan fingerprint density at radius 2 is 1.55 bits per heavy atom. The Hall–Kier alpha value is -2.69. The molecule has 0 aliphatic heterocycles. The maximum absolute atomic E-state index is 11.8. The molecule has 5 heteroatoms. The van der Waals surface area contributed by atoms with Gasteiger partial charge in [0, 0.05) is 17.3 Å². The highest BCUT2D eigenvalue weighted by atomic mass is 16.5. The number of hydrogen-bond donors (Lipinski definition) is 1. The number of nitrogens with one attached hydrogen (secondary N) is 1. The summed E-state index contributed by atoms with van der Waals surface area (Å²) in [6.07, 6.45) is 1.46. The van der Waals surface area contributed by atoms with E-state index in [1.165, 1.54) is 26.1 Å². The zero-order chi connectivity index (χ0) is 14.7. The summed E-state index contributed by atoms with van der Waals surface area (Å²) in [4.78, 5) is 36.8. The molecule has 2 rings (SSSR count). The van der Waals surface area contributed by atoms with E-state index in [9.17, 15) is 14.4 Å². The summed E-state index contributed by atoms with van der Waals surface area (Å²) in [6, 6.07) is 7.70. The summed E-state index contributed by atoms with van der Waals surface area (Å²) >= 11 is 0. The van der Waals surface area contributed by atoms with Gasteiger partial charge in [-0.25, -0.2) is 4.79 Å². The highest BCUT2D eigenvalue weighted by Gasteiger charge is 2.13. The summed E-state index contributed by atoms with van der Waals surface area (Å²) in [5.41, 5.74) is 1.17. The molecule has 0 radical (unpaired) electrons. The molecule has 20 heavy (non-hydrogen) atoms. The molecule has 0 bridgehead atoms. The summed E-state index contributed by atoms with van der Waals surface area (Å²) in [7, 11) is 0. The second kappa shape index (κ2) is 5.52. The van der Waals surface area contributed by atoms with Gasteiger partial charge in [-0.2, -0.15) is 0 Å². The predicted octanol–water partition coefficient (Wildman–Crippen LogP) is 2.64. The Morgan fingerprint density at radius 1 is 0.950 bits per heavy atom. The molecule has 2 aromatic rings. The molecule has 0 saturated carbocycles. The van der Waals surface area contributed by atoms with E-state index in [1.807, 2.05) is 0 Å². The van der Waals surface area contributed by atoms with Crippen molar-refractivity contribution in [3.8, 4) is 5.75 Å². The fourth-order valence-electron chi connectivity index (χ4n) is 1.64.